The number of carbonyl (C=O) groups is 2. The summed E-state index contributed by atoms with van der Waals surface area (Å²) in [4.78, 5) is 24.4. The lowest BCUT2D eigenvalue weighted by Gasteiger charge is -2.11. The van der Waals surface area contributed by atoms with Gasteiger partial charge in [-0.15, -0.1) is 0 Å². The van der Waals surface area contributed by atoms with Gasteiger partial charge in [-0.3, -0.25) is 9.59 Å². The van der Waals surface area contributed by atoms with Gasteiger partial charge in [-0.1, -0.05) is 11.6 Å². The van der Waals surface area contributed by atoms with Crippen LogP contribution in [0.3, 0.4) is 0 Å². The molecule has 7 nitrogen and oxygen atoms in total. The topological polar surface area (TPSA) is 85.2 Å². The number of fused-ring (bicyclic) bond motifs is 1. The second-order valence-electron chi connectivity index (χ2n) is 5.92. The fourth-order valence-corrected chi connectivity index (χ4v) is 3.84. The number of hydrogen-bond acceptors (Lipinski definition) is 5. The minimum atomic E-state index is -0.707. The SMILES string of the molecule is CCOCCCNC(=O)C(=O)Nc1c2c(nn1-c1ccc(Cl)cc1)CSC2. The molecule has 2 aromatic rings. The number of anilines is 1. The van der Waals surface area contributed by atoms with Crippen molar-refractivity contribution in [3.63, 3.8) is 0 Å². The van der Waals surface area contributed by atoms with Crippen LogP contribution >= 0.6 is 23.4 Å². The first kappa shape index (κ1) is 19.7. The summed E-state index contributed by atoms with van der Waals surface area (Å²) >= 11 is 7.68. The monoisotopic (exact) mass is 408 g/mol. The van der Waals surface area contributed by atoms with E-state index in [2.05, 4.69) is 15.7 Å². The van der Waals surface area contributed by atoms with Crippen molar-refractivity contribution in [2.75, 3.05) is 25.1 Å². The van der Waals surface area contributed by atoms with Gasteiger partial charge in [0, 0.05) is 41.9 Å². The van der Waals surface area contributed by atoms with Crippen LogP contribution in [0.4, 0.5) is 5.82 Å². The smallest absolute Gasteiger partial charge is 0.314 e. The summed E-state index contributed by atoms with van der Waals surface area (Å²) in [5, 5.41) is 10.5. The lowest BCUT2D eigenvalue weighted by Crippen LogP contribution is -2.36. The third kappa shape index (κ3) is 4.82. The lowest BCUT2D eigenvalue weighted by atomic mass is 10.2. The van der Waals surface area contributed by atoms with E-state index < -0.39 is 11.8 Å². The average molecular weight is 409 g/mol. The maximum atomic E-state index is 12.3. The maximum Gasteiger partial charge on any atom is 0.314 e. The molecule has 27 heavy (non-hydrogen) atoms. The highest BCUT2D eigenvalue weighted by Gasteiger charge is 2.26. The fraction of sp³-hybridized carbons (Fsp3) is 0.389. The second kappa shape index (κ2) is 9.25. The molecule has 2 amide bonds. The number of hydrogen-bond donors (Lipinski definition) is 2. The molecule has 0 bridgehead atoms. The lowest BCUT2D eigenvalue weighted by molar-refractivity contribution is -0.136. The summed E-state index contributed by atoms with van der Waals surface area (Å²) in [6.07, 6.45) is 0.654. The molecule has 0 saturated carbocycles. The predicted molar refractivity (Wildman–Crippen MR) is 106 cm³/mol. The molecule has 0 fully saturated rings. The van der Waals surface area contributed by atoms with Crippen LogP contribution in [-0.4, -0.2) is 41.4 Å². The molecule has 144 valence electrons. The number of halogens is 1. The van der Waals surface area contributed by atoms with Gasteiger partial charge in [0.2, 0.25) is 0 Å². The van der Waals surface area contributed by atoms with Gasteiger partial charge in [-0.25, -0.2) is 4.68 Å². The van der Waals surface area contributed by atoms with Crippen molar-refractivity contribution < 1.29 is 14.3 Å². The number of amides is 2. The zero-order chi connectivity index (χ0) is 19.2. The zero-order valence-corrected chi connectivity index (χ0v) is 16.5. The molecule has 2 N–H and O–H groups in total. The van der Waals surface area contributed by atoms with Crippen LogP contribution in [-0.2, 0) is 25.8 Å². The standard InChI is InChI=1S/C18H21ClN4O3S/c1-2-26-9-3-8-20-17(24)18(25)21-16-14-10-27-11-15(14)22-23(16)13-6-4-12(19)5-7-13/h4-7H,2-3,8-11H2,1H3,(H,20,24)(H,21,25). The highest BCUT2D eigenvalue weighted by molar-refractivity contribution is 7.98. The van der Waals surface area contributed by atoms with Gasteiger partial charge in [0.05, 0.1) is 11.4 Å². The summed E-state index contributed by atoms with van der Waals surface area (Å²) in [7, 11) is 0. The van der Waals surface area contributed by atoms with Crippen LogP contribution in [0, 0.1) is 0 Å². The van der Waals surface area contributed by atoms with Crippen LogP contribution in [0.5, 0.6) is 0 Å². The molecule has 1 aromatic carbocycles. The molecule has 0 radical (unpaired) electrons. The van der Waals surface area contributed by atoms with Crippen LogP contribution in [0.25, 0.3) is 5.69 Å². The maximum absolute atomic E-state index is 12.3. The third-order valence-corrected chi connectivity index (χ3v) is 5.24. The van der Waals surface area contributed by atoms with E-state index in [1.807, 2.05) is 19.1 Å². The normalized spacial score (nSPS) is 12.7. The average Bonchev–Trinajstić information content (AvgIpc) is 3.24. The van der Waals surface area contributed by atoms with Gasteiger partial charge in [0.25, 0.3) is 0 Å². The van der Waals surface area contributed by atoms with E-state index in [1.165, 1.54) is 0 Å². The Labute approximate surface area is 166 Å². The molecule has 3 rings (SSSR count). The van der Waals surface area contributed by atoms with E-state index in [4.69, 9.17) is 16.3 Å². The zero-order valence-electron chi connectivity index (χ0n) is 15.0. The highest BCUT2D eigenvalue weighted by atomic mass is 35.5. The Kier molecular flexibility index (Phi) is 6.76. The van der Waals surface area contributed by atoms with Crippen molar-refractivity contribution >= 4 is 41.0 Å². The number of nitrogens with one attached hydrogen (secondary N) is 2. The molecule has 0 saturated heterocycles. The largest absolute Gasteiger partial charge is 0.382 e. The number of rotatable bonds is 7. The Balaban J connectivity index is 1.71. The minimum Gasteiger partial charge on any atom is -0.382 e. The molecular weight excluding hydrogens is 388 g/mol. The third-order valence-electron chi connectivity index (χ3n) is 4.02. The van der Waals surface area contributed by atoms with Crippen molar-refractivity contribution in [1.29, 1.82) is 0 Å². The molecule has 1 aromatic heterocycles. The molecule has 1 aliphatic heterocycles. The molecule has 9 heteroatoms. The number of ether oxygens (including phenoxy) is 1. The molecule has 0 atom stereocenters. The molecule has 0 unspecified atom stereocenters. The van der Waals surface area contributed by atoms with Gasteiger partial charge in [-0.05, 0) is 37.6 Å². The Morgan fingerprint density at radius 1 is 1.26 bits per heavy atom. The summed E-state index contributed by atoms with van der Waals surface area (Å²) in [6.45, 7) is 3.47. The number of nitrogens with zero attached hydrogens (tertiary/aromatic N) is 2. The van der Waals surface area contributed by atoms with E-state index in [0.29, 0.717) is 37.0 Å². The van der Waals surface area contributed by atoms with Crippen molar-refractivity contribution in [2.45, 2.75) is 24.9 Å². The Hall–Kier alpha value is -2.03. The second-order valence-corrected chi connectivity index (χ2v) is 7.34. The summed E-state index contributed by atoms with van der Waals surface area (Å²) < 4.78 is 6.86. The highest BCUT2D eigenvalue weighted by Crippen LogP contribution is 2.36. The number of benzene rings is 1. The van der Waals surface area contributed by atoms with Crippen molar-refractivity contribution in [3.8, 4) is 5.69 Å². The van der Waals surface area contributed by atoms with Crippen molar-refractivity contribution in [3.05, 3.63) is 40.5 Å². The van der Waals surface area contributed by atoms with Crippen molar-refractivity contribution in [2.24, 2.45) is 0 Å². The van der Waals surface area contributed by atoms with E-state index in [-0.39, 0.29) is 0 Å². The summed E-state index contributed by atoms with van der Waals surface area (Å²) in [5.74, 6) is 0.680. The van der Waals surface area contributed by atoms with Crippen LogP contribution in [0.2, 0.25) is 5.02 Å². The van der Waals surface area contributed by atoms with Crippen LogP contribution in [0.1, 0.15) is 24.6 Å². The first-order chi connectivity index (χ1) is 13.1. The van der Waals surface area contributed by atoms with Crippen molar-refractivity contribution in [1.82, 2.24) is 15.1 Å². The van der Waals surface area contributed by atoms with E-state index in [9.17, 15) is 9.59 Å². The number of carbonyl (C=O) groups excluding carboxylic acids is 2. The summed E-state index contributed by atoms with van der Waals surface area (Å²) in [6, 6.07) is 7.16. The number of aromatic nitrogens is 2. The first-order valence-corrected chi connectivity index (χ1v) is 10.2. The van der Waals surface area contributed by atoms with E-state index in [1.54, 1.807) is 28.6 Å². The number of thioether (sulfide) groups is 1. The van der Waals surface area contributed by atoms with Gasteiger partial charge in [0.15, 0.2) is 0 Å². The van der Waals surface area contributed by atoms with E-state index >= 15 is 0 Å². The van der Waals surface area contributed by atoms with Crippen LogP contribution < -0.4 is 10.6 Å². The molecular formula is C18H21ClN4O3S. The Morgan fingerprint density at radius 3 is 2.78 bits per heavy atom. The molecule has 2 heterocycles. The van der Waals surface area contributed by atoms with Gasteiger partial charge >= 0.3 is 11.8 Å². The van der Waals surface area contributed by atoms with Crippen LogP contribution in [0.15, 0.2) is 24.3 Å². The molecule has 0 aliphatic carbocycles. The van der Waals surface area contributed by atoms with Gasteiger partial charge in [0.1, 0.15) is 5.82 Å². The Morgan fingerprint density at radius 2 is 2.04 bits per heavy atom. The quantitative estimate of drug-likeness (QED) is 0.543. The van der Waals surface area contributed by atoms with Gasteiger partial charge < -0.3 is 15.4 Å². The van der Waals surface area contributed by atoms with Gasteiger partial charge in [-0.2, -0.15) is 16.9 Å². The Bertz CT molecular complexity index is 823. The minimum absolute atomic E-state index is 0.386. The summed E-state index contributed by atoms with van der Waals surface area (Å²) in [5.41, 5.74) is 2.64. The first-order valence-electron chi connectivity index (χ1n) is 8.71. The van der Waals surface area contributed by atoms with E-state index in [0.717, 1.165) is 28.5 Å². The predicted octanol–water partition coefficient (Wildman–Crippen LogP) is 2.75. The molecule has 1 aliphatic rings. The molecule has 0 spiro atoms. The fourth-order valence-electron chi connectivity index (χ4n) is 2.68.